The quantitative estimate of drug-likeness (QED) is 0.857. The Bertz CT molecular complexity index is 393. The number of thiazole rings is 1. The van der Waals surface area contributed by atoms with Crippen LogP contribution in [0.15, 0.2) is 5.38 Å². The zero-order chi connectivity index (χ0) is 13.8. The summed E-state index contributed by atoms with van der Waals surface area (Å²) in [6, 6.07) is -0.0863. The topological polar surface area (TPSA) is 68.0 Å². The predicted molar refractivity (Wildman–Crippen MR) is 75.8 cm³/mol. The highest BCUT2D eigenvalue weighted by Gasteiger charge is 2.17. The third kappa shape index (κ3) is 5.14. The average molecular weight is 269 g/mol. The molecule has 0 bridgehead atoms. The maximum absolute atomic E-state index is 11.4. The van der Waals surface area contributed by atoms with Gasteiger partial charge in [0.1, 0.15) is 0 Å². The highest BCUT2D eigenvalue weighted by atomic mass is 32.1. The molecule has 1 atom stereocenters. The van der Waals surface area contributed by atoms with E-state index in [0.717, 1.165) is 17.1 Å². The second-order valence-corrected chi connectivity index (χ2v) is 6.53. The van der Waals surface area contributed by atoms with E-state index < -0.39 is 0 Å². The van der Waals surface area contributed by atoms with Crippen molar-refractivity contribution in [1.82, 2.24) is 10.3 Å². The number of carbonyl (C=O) groups excluding carboxylic acids is 1. The average Bonchev–Trinajstić information content (AvgIpc) is 2.64. The molecule has 1 aromatic heterocycles. The lowest BCUT2D eigenvalue weighted by molar-refractivity contribution is -0.121. The zero-order valence-electron chi connectivity index (χ0n) is 11.6. The van der Waals surface area contributed by atoms with E-state index in [9.17, 15) is 4.79 Å². The molecule has 0 saturated heterocycles. The van der Waals surface area contributed by atoms with Gasteiger partial charge in [-0.1, -0.05) is 20.8 Å². The Morgan fingerprint density at radius 1 is 1.56 bits per heavy atom. The van der Waals surface area contributed by atoms with Crippen molar-refractivity contribution in [2.75, 3.05) is 6.54 Å². The van der Waals surface area contributed by atoms with Crippen LogP contribution in [0.5, 0.6) is 0 Å². The largest absolute Gasteiger partial charge is 0.356 e. The smallest absolute Gasteiger partial charge is 0.221 e. The van der Waals surface area contributed by atoms with Crippen molar-refractivity contribution < 1.29 is 4.79 Å². The second-order valence-electron chi connectivity index (χ2n) is 5.68. The van der Waals surface area contributed by atoms with Crippen LogP contribution in [0.3, 0.4) is 0 Å². The van der Waals surface area contributed by atoms with Crippen molar-refractivity contribution >= 4 is 17.2 Å². The van der Waals surface area contributed by atoms with E-state index in [0.29, 0.717) is 13.0 Å². The van der Waals surface area contributed by atoms with Gasteiger partial charge in [0.05, 0.1) is 10.7 Å². The summed E-state index contributed by atoms with van der Waals surface area (Å²) in [5.74, 6) is 0.0104. The van der Waals surface area contributed by atoms with Crippen molar-refractivity contribution in [3.05, 3.63) is 16.1 Å². The summed E-state index contributed by atoms with van der Waals surface area (Å²) in [7, 11) is 0. The molecular formula is C13H23N3OS. The van der Waals surface area contributed by atoms with Gasteiger partial charge in [-0.3, -0.25) is 4.79 Å². The molecule has 0 saturated carbocycles. The van der Waals surface area contributed by atoms with E-state index in [2.05, 4.69) is 36.5 Å². The molecule has 1 unspecified atom stereocenters. The lowest BCUT2D eigenvalue weighted by Gasteiger charge is -2.13. The highest BCUT2D eigenvalue weighted by Crippen LogP contribution is 2.25. The molecule has 1 aromatic rings. The molecule has 0 fully saturated rings. The summed E-state index contributed by atoms with van der Waals surface area (Å²) in [6.45, 7) is 8.91. The van der Waals surface area contributed by atoms with Gasteiger partial charge in [0.25, 0.3) is 0 Å². The molecule has 0 aliphatic heterocycles. The van der Waals surface area contributed by atoms with Crippen molar-refractivity contribution in [2.24, 2.45) is 5.73 Å². The van der Waals surface area contributed by atoms with Gasteiger partial charge in [-0.05, 0) is 6.92 Å². The first-order valence-electron chi connectivity index (χ1n) is 6.26. The SMILES string of the molecule is CC(N)CC(=O)NCCc1csc(C(C)(C)C)n1. The van der Waals surface area contributed by atoms with Gasteiger partial charge in [-0.15, -0.1) is 11.3 Å². The van der Waals surface area contributed by atoms with E-state index in [1.807, 2.05) is 6.92 Å². The number of nitrogens with one attached hydrogen (secondary N) is 1. The first-order chi connectivity index (χ1) is 8.29. The lowest BCUT2D eigenvalue weighted by Crippen LogP contribution is -2.31. The van der Waals surface area contributed by atoms with Gasteiger partial charge in [-0.2, -0.15) is 0 Å². The summed E-state index contributed by atoms with van der Waals surface area (Å²) < 4.78 is 0. The standard InChI is InChI=1S/C13H23N3OS/c1-9(14)7-11(17)15-6-5-10-8-18-12(16-10)13(2,3)4/h8-9H,5-7,14H2,1-4H3,(H,15,17). The molecule has 1 amide bonds. The minimum absolute atomic E-state index is 0.0104. The maximum Gasteiger partial charge on any atom is 0.221 e. The molecule has 0 spiro atoms. The summed E-state index contributed by atoms with van der Waals surface area (Å²) in [4.78, 5) is 16.0. The van der Waals surface area contributed by atoms with Crippen LogP contribution in [-0.2, 0) is 16.6 Å². The number of nitrogens with zero attached hydrogens (tertiary/aromatic N) is 1. The third-order valence-corrected chi connectivity index (χ3v) is 3.72. The van der Waals surface area contributed by atoms with Gasteiger partial charge >= 0.3 is 0 Å². The molecule has 3 N–H and O–H groups in total. The van der Waals surface area contributed by atoms with Gasteiger partial charge in [0.15, 0.2) is 0 Å². The molecular weight excluding hydrogens is 246 g/mol. The number of hydrogen-bond donors (Lipinski definition) is 2. The molecule has 18 heavy (non-hydrogen) atoms. The van der Waals surface area contributed by atoms with Crippen molar-refractivity contribution in [3.8, 4) is 0 Å². The zero-order valence-corrected chi connectivity index (χ0v) is 12.4. The lowest BCUT2D eigenvalue weighted by atomic mass is 9.98. The van der Waals surface area contributed by atoms with Crippen LogP contribution in [0.2, 0.25) is 0 Å². The van der Waals surface area contributed by atoms with Crippen molar-refractivity contribution in [1.29, 1.82) is 0 Å². The predicted octanol–water partition coefficient (Wildman–Crippen LogP) is 1.84. The van der Waals surface area contributed by atoms with E-state index in [1.54, 1.807) is 11.3 Å². The van der Waals surface area contributed by atoms with Crippen LogP contribution in [0, 0.1) is 0 Å². The fraction of sp³-hybridized carbons (Fsp3) is 0.692. The maximum atomic E-state index is 11.4. The van der Waals surface area contributed by atoms with Gasteiger partial charge in [-0.25, -0.2) is 4.98 Å². The van der Waals surface area contributed by atoms with Crippen LogP contribution in [-0.4, -0.2) is 23.5 Å². The fourth-order valence-electron chi connectivity index (χ4n) is 1.46. The number of carbonyl (C=O) groups is 1. The van der Waals surface area contributed by atoms with E-state index in [-0.39, 0.29) is 17.4 Å². The fourth-order valence-corrected chi connectivity index (χ4v) is 2.40. The summed E-state index contributed by atoms with van der Waals surface area (Å²) >= 11 is 1.68. The normalized spacial score (nSPS) is 13.4. The molecule has 5 heteroatoms. The summed E-state index contributed by atoms with van der Waals surface area (Å²) in [5.41, 5.74) is 6.70. The van der Waals surface area contributed by atoms with Crippen LogP contribution in [0.1, 0.15) is 44.8 Å². The first-order valence-corrected chi connectivity index (χ1v) is 7.14. The molecule has 1 heterocycles. The summed E-state index contributed by atoms with van der Waals surface area (Å²) in [6.07, 6.45) is 1.15. The highest BCUT2D eigenvalue weighted by molar-refractivity contribution is 7.09. The molecule has 0 aromatic carbocycles. The molecule has 0 aliphatic carbocycles. The minimum atomic E-state index is -0.0863. The molecule has 4 nitrogen and oxygen atoms in total. The second kappa shape index (κ2) is 6.29. The number of aromatic nitrogens is 1. The minimum Gasteiger partial charge on any atom is -0.356 e. The Kier molecular flexibility index (Phi) is 5.28. The van der Waals surface area contributed by atoms with Gasteiger partial charge < -0.3 is 11.1 Å². The first kappa shape index (κ1) is 15.1. The third-order valence-electron chi connectivity index (χ3n) is 2.40. The Morgan fingerprint density at radius 2 is 2.22 bits per heavy atom. The number of nitrogens with two attached hydrogens (primary N) is 1. The van der Waals surface area contributed by atoms with E-state index in [4.69, 9.17) is 5.73 Å². The van der Waals surface area contributed by atoms with Crippen LogP contribution in [0.4, 0.5) is 0 Å². The van der Waals surface area contributed by atoms with Crippen LogP contribution >= 0.6 is 11.3 Å². The number of hydrogen-bond acceptors (Lipinski definition) is 4. The van der Waals surface area contributed by atoms with Crippen LogP contribution < -0.4 is 11.1 Å². The molecule has 0 aliphatic rings. The number of rotatable bonds is 5. The van der Waals surface area contributed by atoms with Crippen molar-refractivity contribution in [2.45, 2.75) is 52.0 Å². The van der Waals surface area contributed by atoms with Crippen LogP contribution in [0.25, 0.3) is 0 Å². The molecule has 1 rings (SSSR count). The Hall–Kier alpha value is -0.940. The van der Waals surface area contributed by atoms with Crippen molar-refractivity contribution in [3.63, 3.8) is 0 Å². The Balaban J connectivity index is 2.36. The van der Waals surface area contributed by atoms with Gasteiger partial charge in [0.2, 0.25) is 5.91 Å². The Labute approximate surface area is 113 Å². The number of amides is 1. The molecule has 0 radical (unpaired) electrons. The Morgan fingerprint density at radius 3 is 2.72 bits per heavy atom. The monoisotopic (exact) mass is 269 g/mol. The molecule has 102 valence electrons. The van der Waals surface area contributed by atoms with Gasteiger partial charge in [0, 0.05) is 36.2 Å². The van der Waals surface area contributed by atoms with E-state index >= 15 is 0 Å². The van der Waals surface area contributed by atoms with E-state index in [1.165, 1.54) is 0 Å². The summed E-state index contributed by atoms with van der Waals surface area (Å²) in [5, 5.41) is 6.06.